The average Bonchev–Trinajstić information content (AvgIpc) is 3.22. The van der Waals surface area contributed by atoms with Gasteiger partial charge < -0.3 is 10.0 Å². The number of aliphatic hydroxyl groups is 1. The number of carbonyl (C=O) groups excluding carboxylic acids is 1. The van der Waals surface area contributed by atoms with Crippen molar-refractivity contribution in [3.05, 3.63) is 47.8 Å². The second-order valence-corrected chi connectivity index (χ2v) is 6.33. The van der Waals surface area contributed by atoms with E-state index >= 15 is 0 Å². The van der Waals surface area contributed by atoms with Crippen LogP contribution in [0.4, 0.5) is 0 Å². The number of aliphatic hydroxyl groups excluding tert-OH is 1. The predicted octanol–water partition coefficient (Wildman–Crippen LogP) is 2.59. The molecule has 1 aliphatic rings. The zero-order chi connectivity index (χ0) is 16.4. The number of aromatic nitrogens is 2. The summed E-state index contributed by atoms with van der Waals surface area (Å²) in [5.74, 6) is 0.176. The minimum absolute atomic E-state index is 0.0160. The van der Waals surface area contributed by atoms with Crippen LogP contribution in [0.5, 0.6) is 0 Å². The molecule has 0 aliphatic carbocycles. The summed E-state index contributed by atoms with van der Waals surface area (Å²) in [7, 11) is 0. The van der Waals surface area contributed by atoms with E-state index < -0.39 is 0 Å². The van der Waals surface area contributed by atoms with E-state index in [1.807, 2.05) is 41.1 Å². The van der Waals surface area contributed by atoms with E-state index in [9.17, 15) is 9.90 Å². The first-order valence-electron chi connectivity index (χ1n) is 8.19. The molecule has 5 heteroatoms. The molecule has 0 unspecified atom stereocenters. The summed E-state index contributed by atoms with van der Waals surface area (Å²) in [6.45, 7) is 4.90. The van der Waals surface area contributed by atoms with Crippen LogP contribution < -0.4 is 0 Å². The molecule has 1 amide bonds. The van der Waals surface area contributed by atoms with Crippen LogP contribution in [-0.4, -0.2) is 44.9 Å². The van der Waals surface area contributed by atoms with Crippen molar-refractivity contribution >= 4 is 5.91 Å². The van der Waals surface area contributed by atoms with E-state index in [0.29, 0.717) is 12.2 Å². The molecule has 23 heavy (non-hydrogen) atoms. The van der Waals surface area contributed by atoms with Crippen molar-refractivity contribution in [3.8, 4) is 5.69 Å². The van der Waals surface area contributed by atoms with Crippen LogP contribution in [0.25, 0.3) is 5.69 Å². The van der Waals surface area contributed by atoms with E-state index in [2.05, 4.69) is 18.9 Å². The number of benzene rings is 1. The lowest BCUT2D eigenvalue weighted by atomic mass is 10.1. The molecule has 1 aromatic heterocycles. The highest BCUT2D eigenvalue weighted by atomic mass is 16.3. The molecule has 2 heterocycles. The number of rotatable bonds is 4. The first kappa shape index (κ1) is 15.7. The van der Waals surface area contributed by atoms with Gasteiger partial charge in [0.25, 0.3) is 5.91 Å². The maximum atomic E-state index is 12.8. The number of likely N-dealkylation sites (tertiary alicyclic amines) is 1. The van der Waals surface area contributed by atoms with Gasteiger partial charge in [-0.15, -0.1) is 0 Å². The third-order valence-electron chi connectivity index (χ3n) is 4.40. The van der Waals surface area contributed by atoms with Gasteiger partial charge in [0.2, 0.25) is 0 Å². The van der Waals surface area contributed by atoms with Gasteiger partial charge in [-0.25, -0.2) is 4.68 Å². The Bertz CT molecular complexity index is 679. The molecule has 0 bridgehead atoms. The third-order valence-corrected chi connectivity index (χ3v) is 4.40. The van der Waals surface area contributed by atoms with Gasteiger partial charge >= 0.3 is 0 Å². The Balaban J connectivity index is 1.96. The Morgan fingerprint density at radius 1 is 1.35 bits per heavy atom. The van der Waals surface area contributed by atoms with Gasteiger partial charge in [-0.1, -0.05) is 32.0 Å². The van der Waals surface area contributed by atoms with E-state index in [1.165, 1.54) is 0 Å². The van der Waals surface area contributed by atoms with E-state index in [-0.39, 0.29) is 24.5 Å². The minimum atomic E-state index is -0.0851. The molecule has 1 aliphatic heterocycles. The molecule has 0 saturated carbocycles. The molecule has 1 N–H and O–H groups in total. The second kappa shape index (κ2) is 6.54. The number of hydrogen-bond acceptors (Lipinski definition) is 3. The molecule has 0 radical (unpaired) electrons. The Labute approximate surface area is 136 Å². The molecule has 1 atom stereocenters. The molecule has 122 valence electrons. The lowest BCUT2D eigenvalue weighted by Gasteiger charge is -2.21. The van der Waals surface area contributed by atoms with Gasteiger partial charge in [-0.3, -0.25) is 4.79 Å². The second-order valence-electron chi connectivity index (χ2n) is 6.33. The Morgan fingerprint density at radius 2 is 2.09 bits per heavy atom. The molecule has 3 rings (SSSR count). The fourth-order valence-electron chi connectivity index (χ4n) is 3.13. The molecule has 0 spiro atoms. The zero-order valence-electron chi connectivity index (χ0n) is 13.6. The van der Waals surface area contributed by atoms with Crippen molar-refractivity contribution in [2.75, 3.05) is 13.2 Å². The first-order valence-corrected chi connectivity index (χ1v) is 8.19. The molecule has 5 nitrogen and oxygen atoms in total. The van der Waals surface area contributed by atoms with Crippen LogP contribution in [0.3, 0.4) is 0 Å². The Kier molecular flexibility index (Phi) is 4.48. The maximum absolute atomic E-state index is 12.8. The van der Waals surface area contributed by atoms with Crippen LogP contribution >= 0.6 is 0 Å². The van der Waals surface area contributed by atoms with Crippen molar-refractivity contribution in [1.82, 2.24) is 14.7 Å². The summed E-state index contributed by atoms with van der Waals surface area (Å²) >= 11 is 0. The molecular formula is C18H23N3O2. The third kappa shape index (κ3) is 3.01. The largest absolute Gasteiger partial charge is 0.394 e. The van der Waals surface area contributed by atoms with Gasteiger partial charge in [-0.2, -0.15) is 5.10 Å². The summed E-state index contributed by atoms with van der Waals surface area (Å²) < 4.78 is 1.85. The lowest BCUT2D eigenvalue weighted by Crippen LogP contribution is -2.37. The number of amides is 1. The van der Waals surface area contributed by atoms with Crippen molar-refractivity contribution in [2.24, 2.45) is 0 Å². The van der Waals surface area contributed by atoms with Crippen LogP contribution in [-0.2, 0) is 0 Å². The molecule has 1 fully saturated rings. The summed E-state index contributed by atoms with van der Waals surface area (Å²) in [5.41, 5.74) is 2.42. The molecule has 1 saturated heterocycles. The molecule has 2 aromatic rings. The Hall–Kier alpha value is -2.14. The Morgan fingerprint density at radius 3 is 2.74 bits per heavy atom. The summed E-state index contributed by atoms with van der Waals surface area (Å²) in [6.07, 6.45) is 1.80. The lowest BCUT2D eigenvalue weighted by molar-refractivity contribution is 0.0671. The highest BCUT2D eigenvalue weighted by molar-refractivity contribution is 5.93. The van der Waals surface area contributed by atoms with Crippen LogP contribution in [0.15, 0.2) is 36.4 Å². The molecular weight excluding hydrogens is 290 g/mol. The number of para-hydroxylation sites is 1. The zero-order valence-corrected chi connectivity index (χ0v) is 13.6. The highest BCUT2D eigenvalue weighted by Crippen LogP contribution is 2.24. The van der Waals surface area contributed by atoms with Gasteiger partial charge in [0, 0.05) is 12.2 Å². The van der Waals surface area contributed by atoms with Crippen LogP contribution in [0, 0.1) is 0 Å². The predicted molar refractivity (Wildman–Crippen MR) is 88.8 cm³/mol. The normalized spacial score (nSPS) is 17.9. The van der Waals surface area contributed by atoms with Gasteiger partial charge in [0.05, 0.1) is 18.3 Å². The average molecular weight is 313 g/mol. The summed E-state index contributed by atoms with van der Waals surface area (Å²) in [5, 5.41) is 14.0. The van der Waals surface area contributed by atoms with Crippen molar-refractivity contribution in [3.63, 3.8) is 0 Å². The van der Waals surface area contributed by atoms with E-state index in [4.69, 9.17) is 0 Å². The summed E-state index contributed by atoms with van der Waals surface area (Å²) in [4.78, 5) is 14.5. The number of hydrogen-bond donors (Lipinski definition) is 1. The maximum Gasteiger partial charge on any atom is 0.274 e. The monoisotopic (exact) mass is 313 g/mol. The quantitative estimate of drug-likeness (QED) is 0.944. The topological polar surface area (TPSA) is 58.4 Å². The number of nitrogens with zero attached hydrogens (tertiary/aromatic N) is 3. The number of carbonyl (C=O) groups is 1. The highest BCUT2D eigenvalue weighted by Gasteiger charge is 2.30. The minimum Gasteiger partial charge on any atom is -0.394 e. The van der Waals surface area contributed by atoms with E-state index in [1.54, 1.807) is 4.90 Å². The molecule has 1 aromatic carbocycles. The van der Waals surface area contributed by atoms with Gasteiger partial charge in [0.15, 0.2) is 5.69 Å². The fraction of sp³-hybridized carbons (Fsp3) is 0.444. The standard InChI is InChI=1S/C18H23N3O2/c1-13(2)17-11-16(18(23)20-10-6-9-15(20)12-22)19-21(17)14-7-4-3-5-8-14/h3-5,7-8,11,13,15,22H,6,9-10,12H2,1-2H3/t15-/m1/s1. The SMILES string of the molecule is CC(C)c1cc(C(=O)N2CCC[C@@H]2CO)nn1-c1ccccc1. The van der Waals surface area contributed by atoms with Crippen molar-refractivity contribution in [2.45, 2.75) is 38.6 Å². The van der Waals surface area contributed by atoms with Crippen LogP contribution in [0.1, 0.15) is 48.8 Å². The van der Waals surface area contributed by atoms with Gasteiger partial charge in [-0.05, 0) is 37.0 Å². The smallest absolute Gasteiger partial charge is 0.274 e. The first-order chi connectivity index (χ1) is 11.1. The summed E-state index contributed by atoms with van der Waals surface area (Å²) in [6, 6.07) is 11.7. The van der Waals surface area contributed by atoms with Gasteiger partial charge in [0.1, 0.15) is 0 Å². The van der Waals surface area contributed by atoms with E-state index in [0.717, 1.165) is 24.2 Å². The van der Waals surface area contributed by atoms with Crippen molar-refractivity contribution < 1.29 is 9.90 Å². The van der Waals surface area contributed by atoms with Crippen LogP contribution in [0.2, 0.25) is 0 Å². The van der Waals surface area contributed by atoms with Crippen molar-refractivity contribution in [1.29, 1.82) is 0 Å². The fourth-order valence-corrected chi connectivity index (χ4v) is 3.13.